The highest BCUT2D eigenvalue weighted by atomic mass is 19.1. The Morgan fingerprint density at radius 3 is 2.50 bits per heavy atom. The highest BCUT2D eigenvalue weighted by molar-refractivity contribution is 5.94. The Morgan fingerprint density at radius 2 is 1.86 bits per heavy atom. The van der Waals surface area contributed by atoms with Gasteiger partial charge in [0.25, 0.3) is 5.91 Å². The van der Waals surface area contributed by atoms with Gasteiger partial charge in [-0.05, 0) is 60.5 Å². The molecule has 2 aromatic rings. The van der Waals surface area contributed by atoms with Crippen molar-refractivity contribution in [1.82, 2.24) is 5.43 Å². The number of amides is 1. The minimum atomic E-state index is -0.390. The van der Waals surface area contributed by atoms with Gasteiger partial charge < -0.3 is 4.74 Å². The van der Waals surface area contributed by atoms with Gasteiger partial charge in [0, 0.05) is 5.56 Å². The second-order valence-corrected chi connectivity index (χ2v) is 4.62. The van der Waals surface area contributed by atoms with Crippen LogP contribution in [0.4, 0.5) is 4.39 Å². The minimum absolute atomic E-state index is 0.349. The van der Waals surface area contributed by atoms with Crippen molar-refractivity contribution < 1.29 is 13.9 Å². The molecule has 0 radical (unpaired) electrons. The summed E-state index contributed by atoms with van der Waals surface area (Å²) in [6.45, 7) is 2.73. The first kappa shape index (κ1) is 15.7. The van der Waals surface area contributed by atoms with Crippen LogP contribution in [0.3, 0.4) is 0 Å². The Morgan fingerprint density at radius 1 is 1.18 bits per heavy atom. The van der Waals surface area contributed by atoms with E-state index in [0.717, 1.165) is 17.7 Å². The maximum atomic E-state index is 12.8. The van der Waals surface area contributed by atoms with E-state index in [9.17, 15) is 9.18 Å². The molecular formula is C17H17FN2O2. The molecule has 0 bridgehead atoms. The molecule has 0 atom stereocenters. The molecule has 0 aromatic heterocycles. The summed E-state index contributed by atoms with van der Waals surface area (Å²) in [5.41, 5.74) is 3.58. The van der Waals surface area contributed by atoms with Gasteiger partial charge in [-0.25, -0.2) is 9.82 Å². The topological polar surface area (TPSA) is 50.7 Å². The molecule has 0 fully saturated rings. The largest absolute Gasteiger partial charge is 0.494 e. The summed E-state index contributed by atoms with van der Waals surface area (Å²) in [7, 11) is 0. The number of carbonyl (C=O) groups excluding carboxylic acids is 1. The summed E-state index contributed by atoms with van der Waals surface area (Å²) in [5.74, 6) is 0.0268. The van der Waals surface area contributed by atoms with Gasteiger partial charge in [0.2, 0.25) is 0 Å². The van der Waals surface area contributed by atoms with Crippen LogP contribution in [0, 0.1) is 5.82 Å². The molecule has 0 aliphatic heterocycles. The van der Waals surface area contributed by atoms with Gasteiger partial charge in [-0.1, -0.05) is 6.92 Å². The first-order valence-corrected chi connectivity index (χ1v) is 7.01. The third kappa shape index (κ3) is 4.70. The molecule has 114 valence electrons. The minimum Gasteiger partial charge on any atom is -0.494 e. The average Bonchev–Trinajstić information content (AvgIpc) is 2.54. The van der Waals surface area contributed by atoms with Crippen molar-refractivity contribution in [3.63, 3.8) is 0 Å². The Labute approximate surface area is 128 Å². The van der Waals surface area contributed by atoms with Crippen molar-refractivity contribution in [2.75, 3.05) is 6.61 Å². The molecule has 4 nitrogen and oxygen atoms in total. The number of hydrogen-bond donors (Lipinski definition) is 1. The molecule has 5 heteroatoms. The fourth-order valence-corrected chi connectivity index (χ4v) is 1.70. The molecule has 2 aromatic carbocycles. The van der Waals surface area contributed by atoms with Crippen molar-refractivity contribution in [2.24, 2.45) is 5.10 Å². The predicted molar refractivity (Wildman–Crippen MR) is 83.7 cm³/mol. The summed E-state index contributed by atoms with van der Waals surface area (Å²) in [6, 6.07) is 12.6. The lowest BCUT2D eigenvalue weighted by Gasteiger charge is -2.04. The Bertz CT molecular complexity index is 637. The van der Waals surface area contributed by atoms with Gasteiger partial charge in [0.15, 0.2) is 0 Å². The van der Waals surface area contributed by atoms with Crippen LogP contribution in [0.1, 0.15) is 29.3 Å². The van der Waals surface area contributed by atoms with E-state index in [2.05, 4.69) is 10.5 Å². The van der Waals surface area contributed by atoms with Crippen molar-refractivity contribution in [2.45, 2.75) is 13.3 Å². The molecule has 22 heavy (non-hydrogen) atoms. The van der Waals surface area contributed by atoms with Crippen LogP contribution in [0.5, 0.6) is 5.75 Å². The van der Waals surface area contributed by atoms with Gasteiger partial charge in [-0.15, -0.1) is 0 Å². The van der Waals surface area contributed by atoms with Crippen LogP contribution in [0.15, 0.2) is 53.6 Å². The Hall–Kier alpha value is -2.69. The first-order chi connectivity index (χ1) is 10.7. The molecule has 0 aliphatic rings. The molecule has 0 saturated heterocycles. The number of nitrogens with one attached hydrogen (secondary N) is 1. The number of benzene rings is 2. The number of ether oxygens (including phenoxy) is 1. The number of nitrogens with zero attached hydrogens (tertiary/aromatic N) is 1. The highest BCUT2D eigenvalue weighted by Crippen LogP contribution is 2.11. The van der Waals surface area contributed by atoms with E-state index in [-0.39, 0.29) is 11.7 Å². The molecule has 0 saturated carbocycles. The number of carbonyl (C=O) groups is 1. The van der Waals surface area contributed by atoms with E-state index in [1.54, 1.807) is 0 Å². The number of hydrogen-bond acceptors (Lipinski definition) is 3. The quantitative estimate of drug-likeness (QED) is 0.657. The van der Waals surface area contributed by atoms with Crippen LogP contribution in [0.2, 0.25) is 0 Å². The normalized spacial score (nSPS) is 10.6. The zero-order valence-corrected chi connectivity index (χ0v) is 12.3. The third-order valence-electron chi connectivity index (χ3n) is 2.84. The summed E-state index contributed by atoms with van der Waals surface area (Å²) in [4.78, 5) is 11.8. The van der Waals surface area contributed by atoms with E-state index in [1.165, 1.54) is 30.5 Å². The number of hydrazone groups is 1. The predicted octanol–water partition coefficient (Wildman–Crippen LogP) is 3.38. The van der Waals surface area contributed by atoms with Gasteiger partial charge in [-0.3, -0.25) is 4.79 Å². The Balaban J connectivity index is 1.89. The summed E-state index contributed by atoms with van der Waals surface area (Å²) in [5, 5.41) is 3.87. The van der Waals surface area contributed by atoms with Gasteiger partial charge in [0.1, 0.15) is 11.6 Å². The fraction of sp³-hybridized carbons (Fsp3) is 0.176. The molecule has 0 heterocycles. The lowest BCUT2D eigenvalue weighted by Crippen LogP contribution is -2.17. The van der Waals surface area contributed by atoms with Crippen molar-refractivity contribution in [1.29, 1.82) is 0 Å². The van der Waals surface area contributed by atoms with E-state index in [4.69, 9.17) is 4.74 Å². The van der Waals surface area contributed by atoms with Crippen LogP contribution >= 0.6 is 0 Å². The van der Waals surface area contributed by atoms with Gasteiger partial charge >= 0.3 is 0 Å². The Kier molecular flexibility index (Phi) is 5.65. The fourth-order valence-electron chi connectivity index (χ4n) is 1.70. The molecule has 0 unspecified atom stereocenters. The second kappa shape index (κ2) is 7.93. The van der Waals surface area contributed by atoms with E-state index < -0.39 is 0 Å². The van der Waals surface area contributed by atoms with Crippen molar-refractivity contribution in [3.8, 4) is 5.75 Å². The van der Waals surface area contributed by atoms with E-state index >= 15 is 0 Å². The van der Waals surface area contributed by atoms with Gasteiger partial charge in [-0.2, -0.15) is 5.10 Å². The van der Waals surface area contributed by atoms with Crippen LogP contribution in [-0.4, -0.2) is 18.7 Å². The summed E-state index contributed by atoms with van der Waals surface area (Å²) >= 11 is 0. The zero-order chi connectivity index (χ0) is 15.8. The number of rotatable bonds is 6. The molecule has 1 N–H and O–H groups in total. The summed E-state index contributed by atoms with van der Waals surface area (Å²) < 4.78 is 18.2. The van der Waals surface area contributed by atoms with E-state index in [1.807, 2.05) is 31.2 Å². The molecule has 0 aliphatic carbocycles. The average molecular weight is 300 g/mol. The van der Waals surface area contributed by atoms with E-state index in [0.29, 0.717) is 12.2 Å². The van der Waals surface area contributed by atoms with Crippen LogP contribution in [-0.2, 0) is 0 Å². The van der Waals surface area contributed by atoms with Gasteiger partial charge in [0.05, 0.1) is 12.8 Å². The maximum Gasteiger partial charge on any atom is 0.271 e. The standard InChI is InChI=1S/C17H17FN2O2/c1-2-11-22-16-9-3-13(4-10-16)12-19-20-17(21)14-5-7-15(18)8-6-14/h3-10,12H,2,11H2,1H3,(H,20,21). The molecule has 1 amide bonds. The summed E-state index contributed by atoms with van der Waals surface area (Å²) in [6.07, 6.45) is 2.49. The lowest BCUT2D eigenvalue weighted by atomic mass is 10.2. The number of halogens is 1. The lowest BCUT2D eigenvalue weighted by molar-refractivity contribution is 0.0955. The van der Waals surface area contributed by atoms with Crippen LogP contribution < -0.4 is 10.2 Å². The molecular weight excluding hydrogens is 283 g/mol. The molecule has 0 spiro atoms. The third-order valence-corrected chi connectivity index (χ3v) is 2.84. The smallest absolute Gasteiger partial charge is 0.271 e. The maximum absolute atomic E-state index is 12.8. The van der Waals surface area contributed by atoms with Crippen molar-refractivity contribution >= 4 is 12.1 Å². The molecule has 2 rings (SSSR count). The van der Waals surface area contributed by atoms with Crippen molar-refractivity contribution in [3.05, 3.63) is 65.5 Å². The zero-order valence-electron chi connectivity index (χ0n) is 12.3. The highest BCUT2D eigenvalue weighted by Gasteiger charge is 2.03. The van der Waals surface area contributed by atoms with Crippen LogP contribution in [0.25, 0.3) is 0 Å². The SMILES string of the molecule is CCCOc1ccc(C=NNC(=O)c2ccc(F)cc2)cc1. The monoisotopic (exact) mass is 300 g/mol. The first-order valence-electron chi connectivity index (χ1n) is 7.01. The second-order valence-electron chi connectivity index (χ2n) is 4.62.